The van der Waals surface area contributed by atoms with Crippen molar-refractivity contribution < 1.29 is 23.5 Å². The number of hydrogen-bond acceptors (Lipinski definition) is 4. The molecule has 0 fully saturated rings. The maximum atomic E-state index is 13.6. The summed E-state index contributed by atoms with van der Waals surface area (Å²) < 4.78 is 24.5. The van der Waals surface area contributed by atoms with Gasteiger partial charge in [0.05, 0.1) is 24.3 Å². The van der Waals surface area contributed by atoms with Crippen molar-refractivity contribution in [2.24, 2.45) is 5.92 Å². The lowest BCUT2D eigenvalue weighted by molar-refractivity contribution is -0.117. The molecule has 0 saturated carbocycles. The molecule has 0 heterocycles. The van der Waals surface area contributed by atoms with Gasteiger partial charge in [0.2, 0.25) is 0 Å². The molecule has 0 aromatic heterocycles. The quantitative estimate of drug-likeness (QED) is 0.524. The van der Waals surface area contributed by atoms with Gasteiger partial charge in [-0.25, -0.2) is 4.39 Å². The fourth-order valence-corrected chi connectivity index (χ4v) is 2.54. The van der Waals surface area contributed by atoms with E-state index >= 15 is 0 Å². The molecular weight excluding hydrogens is 399 g/mol. The zero-order chi connectivity index (χ0) is 21.4. The van der Waals surface area contributed by atoms with E-state index in [4.69, 9.17) is 21.1 Å². The minimum Gasteiger partial charge on any atom is -0.493 e. The number of carbonyl (C=O) groups is 2. The van der Waals surface area contributed by atoms with Gasteiger partial charge in [0.1, 0.15) is 5.82 Å². The van der Waals surface area contributed by atoms with E-state index in [1.54, 1.807) is 12.1 Å². The van der Waals surface area contributed by atoms with Crippen LogP contribution in [0.25, 0.3) is 6.08 Å². The Morgan fingerprint density at radius 1 is 1.21 bits per heavy atom. The topological polar surface area (TPSA) is 76.7 Å². The van der Waals surface area contributed by atoms with Crippen LogP contribution in [0.1, 0.15) is 29.8 Å². The molecule has 2 N–H and O–H groups in total. The van der Waals surface area contributed by atoms with Gasteiger partial charge in [-0.15, -0.1) is 0 Å². The first-order valence-electron chi connectivity index (χ1n) is 8.85. The van der Waals surface area contributed by atoms with E-state index in [9.17, 15) is 14.0 Å². The van der Waals surface area contributed by atoms with E-state index in [-0.39, 0.29) is 5.56 Å². The zero-order valence-electron chi connectivity index (χ0n) is 16.3. The number of hydrazine groups is 1. The van der Waals surface area contributed by atoms with E-state index in [1.165, 1.54) is 37.5 Å². The minimum atomic E-state index is -0.763. The Morgan fingerprint density at radius 2 is 1.93 bits per heavy atom. The third-order valence-corrected chi connectivity index (χ3v) is 3.94. The van der Waals surface area contributed by atoms with Crippen LogP contribution in [0.3, 0.4) is 0 Å². The Labute approximate surface area is 173 Å². The van der Waals surface area contributed by atoms with Crippen LogP contribution in [0.4, 0.5) is 4.39 Å². The summed E-state index contributed by atoms with van der Waals surface area (Å²) in [5.74, 6) is -0.867. The Morgan fingerprint density at radius 3 is 2.59 bits per heavy atom. The van der Waals surface area contributed by atoms with Gasteiger partial charge >= 0.3 is 0 Å². The average Bonchev–Trinajstić information content (AvgIpc) is 2.69. The summed E-state index contributed by atoms with van der Waals surface area (Å²) in [7, 11) is 1.49. The Balaban J connectivity index is 2.01. The highest BCUT2D eigenvalue weighted by atomic mass is 35.5. The molecule has 0 aliphatic carbocycles. The lowest BCUT2D eigenvalue weighted by Gasteiger charge is -2.14. The van der Waals surface area contributed by atoms with Gasteiger partial charge in [-0.3, -0.25) is 20.4 Å². The van der Waals surface area contributed by atoms with Crippen molar-refractivity contribution in [1.82, 2.24) is 10.9 Å². The lowest BCUT2D eigenvalue weighted by atomic mass is 10.1. The van der Waals surface area contributed by atoms with Crippen LogP contribution in [-0.4, -0.2) is 25.5 Å². The summed E-state index contributed by atoms with van der Waals surface area (Å²) in [6, 6.07) is 8.74. The molecule has 0 aliphatic heterocycles. The molecule has 8 heteroatoms. The highest BCUT2D eigenvalue weighted by molar-refractivity contribution is 6.32. The summed E-state index contributed by atoms with van der Waals surface area (Å²) in [6.45, 7) is 4.51. The lowest BCUT2D eigenvalue weighted by Crippen LogP contribution is -2.41. The number of benzene rings is 2. The molecule has 154 valence electrons. The van der Waals surface area contributed by atoms with Crippen molar-refractivity contribution in [3.05, 3.63) is 64.4 Å². The van der Waals surface area contributed by atoms with E-state index in [1.807, 2.05) is 13.8 Å². The summed E-state index contributed by atoms with van der Waals surface area (Å²) in [5.41, 5.74) is 4.75. The van der Waals surface area contributed by atoms with Gasteiger partial charge in [0.15, 0.2) is 11.5 Å². The number of methoxy groups -OCH3 is 1. The predicted octanol–water partition coefficient (Wildman–Crippen LogP) is 4.00. The fraction of sp³-hybridized carbons (Fsp3) is 0.238. The SMILES string of the molecule is COc1cc(/C=C/C(=O)NNC(=O)c2ccccc2F)cc(Cl)c1OCC(C)C. The van der Waals surface area contributed by atoms with Gasteiger partial charge < -0.3 is 9.47 Å². The first-order chi connectivity index (χ1) is 13.8. The van der Waals surface area contributed by atoms with Crippen LogP contribution in [0.15, 0.2) is 42.5 Å². The number of amides is 2. The summed E-state index contributed by atoms with van der Waals surface area (Å²) in [6.07, 6.45) is 2.69. The van der Waals surface area contributed by atoms with Crippen molar-refractivity contribution >= 4 is 29.5 Å². The number of nitrogens with one attached hydrogen (secondary N) is 2. The van der Waals surface area contributed by atoms with Gasteiger partial charge in [-0.05, 0) is 41.8 Å². The molecule has 0 atom stereocenters. The molecule has 2 aromatic carbocycles. The van der Waals surface area contributed by atoms with E-state index in [2.05, 4.69) is 10.9 Å². The second-order valence-corrected chi connectivity index (χ2v) is 6.90. The smallest absolute Gasteiger partial charge is 0.272 e. The van der Waals surface area contributed by atoms with Crippen LogP contribution >= 0.6 is 11.6 Å². The molecule has 0 bridgehead atoms. The zero-order valence-corrected chi connectivity index (χ0v) is 17.0. The highest BCUT2D eigenvalue weighted by Gasteiger charge is 2.13. The molecule has 2 aromatic rings. The van der Waals surface area contributed by atoms with Gasteiger partial charge in [-0.1, -0.05) is 37.6 Å². The number of halogens is 2. The molecule has 2 amide bonds. The molecule has 0 radical (unpaired) electrons. The second-order valence-electron chi connectivity index (χ2n) is 6.50. The molecule has 2 rings (SSSR count). The maximum Gasteiger partial charge on any atom is 0.272 e. The molecule has 0 unspecified atom stereocenters. The second kappa shape index (κ2) is 10.5. The Bertz CT molecular complexity index is 916. The van der Waals surface area contributed by atoms with Crippen molar-refractivity contribution in [3.8, 4) is 11.5 Å². The number of rotatable bonds is 7. The third-order valence-electron chi connectivity index (χ3n) is 3.66. The van der Waals surface area contributed by atoms with Gasteiger partial charge in [0.25, 0.3) is 11.8 Å². The fourth-order valence-electron chi connectivity index (χ4n) is 2.27. The van der Waals surface area contributed by atoms with Crippen LogP contribution in [0.5, 0.6) is 11.5 Å². The van der Waals surface area contributed by atoms with Crippen LogP contribution < -0.4 is 20.3 Å². The van der Waals surface area contributed by atoms with Crippen molar-refractivity contribution in [3.63, 3.8) is 0 Å². The summed E-state index contributed by atoms with van der Waals surface area (Å²) in [4.78, 5) is 23.8. The summed E-state index contributed by atoms with van der Waals surface area (Å²) in [5, 5.41) is 0.345. The van der Waals surface area contributed by atoms with Crippen molar-refractivity contribution in [1.29, 1.82) is 0 Å². The average molecular weight is 421 g/mol. The molecule has 6 nitrogen and oxygen atoms in total. The molecular formula is C21H22ClFN2O4. The van der Waals surface area contributed by atoms with Crippen molar-refractivity contribution in [2.75, 3.05) is 13.7 Å². The first kappa shape index (κ1) is 22.2. The number of carbonyl (C=O) groups excluding carboxylic acids is 2. The monoisotopic (exact) mass is 420 g/mol. The normalized spacial score (nSPS) is 10.8. The Kier molecular flexibility index (Phi) is 8.03. The van der Waals surface area contributed by atoms with Gasteiger partial charge in [0, 0.05) is 6.08 Å². The number of hydrogen-bond donors (Lipinski definition) is 2. The summed E-state index contributed by atoms with van der Waals surface area (Å²) >= 11 is 6.27. The standard InChI is InChI=1S/C21H22ClFN2O4/c1-13(2)12-29-20-16(22)10-14(11-18(20)28-3)8-9-19(26)24-25-21(27)15-6-4-5-7-17(15)23/h4-11,13H,12H2,1-3H3,(H,24,26)(H,25,27)/b9-8+. The predicted molar refractivity (Wildman–Crippen MR) is 109 cm³/mol. The van der Waals surface area contributed by atoms with E-state index in [0.717, 1.165) is 6.07 Å². The molecule has 0 aliphatic rings. The largest absolute Gasteiger partial charge is 0.493 e. The van der Waals surface area contributed by atoms with Crippen molar-refractivity contribution in [2.45, 2.75) is 13.8 Å². The number of ether oxygens (including phenoxy) is 2. The van der Waals surface area contributed by atoms with Gasteiger partial charge in [-0.2, -0.15) is 0 Å². The first-order valence-corrected chi connectivity index (χ1v) is 9.23. The maximum absolute atomic E-state index is 13.6. The highest BCUT2D eigenvalue weighted by Crippen LogP contribution is 2.37. The minimum absolute atomic E-state index is 0.176. The third kappa shape index (κ3) is 6.50. The molecule has 29 heavy (non-hydrogen) atoms. The van der Waals surface area contributed by atoms with E-state index in [0.29, 0.717) is 34.6 Å². The van der Waals surface area contributed by atoms with Crippen LogP contribution in [-0.2, 0) is 4.79 Å². The van der Waals surface area contributed by atoms with Crippen LogP contribution in [0, 0.1) is 11.7 Å². The molecule has 0 saturated heterocycles. The molecule has 0 spiro atoms. The Hall–Kier alpha value is -3.06. The van der Waals surface area contributed by atoms with Crippen LogP contribution in [0.2, 0.25) is 5.02 Å². The van der Waals surface area contributed by atoms with E-state index < -0.39 is 17.6 Å².